The maximum atomic E-state index is 14.4. The fraction of sp³-hybridized carbons (Fsp3) is 0.355. The van der Waals surface area contributed by atoms with Gasteiger partial charge in [0.15, 0.2) is 0 Å². The fourth-order valence-corrected chi connectivity index (χ4v) is 5.25. The van der Waals surface area contributed by atoms with E-state index in [0.717, 1.165) is 23.1 Å². The van der Waals surface area contributed by atoms with Crippen LogP contribution in [0.5, 0.6) is 0 Å². The van der Waals surface area contributed by atoms with Crippen molar-refractivity contribution in [2.75, 3.05) is 7.05 Å². The van der Waals surface area contributed by atoms with Crippen LogP contribution < -0.4 is 0 Å². The predicted octanol–water partition coefficient (Wildman–Crippen LogP) is 5.24. The lowest BCUT2D eigenvalue weighted by Gasteiger charge is -2.37. The Morgan fingerprint density at radius 1 is 0.892 bits per heavy atom. The largest absolute Gasteiger partial charge is 0.391 e. The van der Waals surface area contributed by atoms with Gasteiger partial charge in [-0.05, 0) is 30.0 Å². The van der Waals surface area contributed by atoms with E-state index >= 15 is 0 Å². The SMILES string of the molecule is CCC[C@H](O)[C@H](C(=O)N1C(=O)N(C)[C@@H](C)[C@H]1c1ccccc1)N(Cc1ccccc1)Cc1ccccc1. The van der Waals surface area contributed by atoms with Gasteiger partial charge in [-0.2, -0.15) is 0 Å². The molecular formula is C31H37N3O3. The highest BCUT2D eigenvalue weighted by Gasteiger charge is 2.49. The third-order valence-electron chi connectivity index (χ3n) is 7.28. The average Bonchev–Trinajstić information content (AvgIpc) is 3.14. The van der Waals surface area contributed by atoms with Crippen LogP contribution in [-0.4, -0.2) is 57.0 Å². The fourth-order valence-electron chi connectivity index (χ4n) is 5.25. The third-order valence-corrected chi connectivity index (χ3v) is 7.28. The average molecular weight is 500 g/mol. The number of carbonyl (C=O) groups is 2. The summed E-state index contributed by atoms with van der Waals surface area (Å²) in [6.07, 6.45) is 0.261. The number of nitrogens with zero attached hydrogens (tertiary/aromatic N) is 3. The van der Waals surface area contributed by atoms with Crippen molar-refractivity contribution < 1.29 is 14.7 Å². The molecule has 1 N–H and O–H groups in total. The summed E-state index contributed by atoms with van der Waals surface area (Å²) < 4.78 is 0. The lowest BCUT2D eigenvalue weighted by Crippen LogP contribution is -2.55. The van der Waals surface area contributed by atoms with Crippen molar-refractivity contribution >= 4 is 11.9 Å². The zero-order valence-corrected chi connectivity index (χ0v) is 21.9. The molecule has 6 heteroatoms. The van der Waals surface area contributed by atoms with E-state index in [1.165, 1.54) is 4.90 Å². The van der Waals surface area contributed by atoms with Crippen molar-refractivity contribution in [3.05, 3.63) is 108 Å². The zero-order chi connectivity index (χ0) is 26.4. The Morgan fingerprint density at radius 2 is 1.38 bits per heavy atom. The van der Waals surface area contributed by atoms with Crippen LogP contribution in [0.25, 0.3) is 0 Å². The molecule has 0 radical (unpaired) electrons. The molecule has 194 valence electrons. The van der Waals surface area contributed by atoms with Gasteiger partial charge in [-0.25, -0.2) is 4.79 Å². The second kappa shape index (κ2) is 12.2. The highest BCUT2D eigenvalue weighted by atomic mass is 16.3. The molecule has 1 aliphatic rings. The molecule has 0 bridgehead atoms. The summed E-state index contributed by atoms with van der Waals surface area (Å²) in [6, 6.07) is 27.8. The van der Waals surface area contributed by atoms with Crippen molar-refractivity contribution in [2.45, 2.75) is 64.0 Å². The molecule has 3 amide bonds. The Morgan fingerprint density at radius 3 is 1.86 bits per heavy atom. The topological polar surface area (TPSA) is 64.1 Å². The summed E-state index contributed by atoms with van der Waals surface area (Å²) in [5.74, 6) is -0.358. The van der Waals surface area contributed by atoms with Crippen LogP contribution >= 0.6 is 0 Å². The minimum Gasteiger partial charge on any atom is -0.391 e. The number of aliphatic hydroxyl groups excluding tert-OH is 1. The van der Waals surface area contributed by atoms with E-state index in [-0.39, 0.29) is 18.0 Å². The van der Waals surface area contributed by atoms with Crippen molar-refractivity contribution in [1.82, 2.24) is 14.7 Å². The van der Waals surface area contributed by atoms with E-state index < -0.39 is 18.2 Å². The molecule has 0 aliphatic carbocycles. The quantitative estimate of drug-likeness (QED) is 0.414. The first kappa shape index (κ1) is 26.6. The summed E-state index contributed by atoms with van der Waals surface area (Å²) in [4.78, 5) is 33.0. The van der Waals surface area contributed by atoms with E-state index in [0.29, 0.717) is 19.5 Å². The van der Waals surface area contributed by atoms with E-state index in [1.54, 1.807) is 11.9 Å². The summed E-state index contributed by atoms with van der Waals surface area (Å²) in [6.45, 7) is 4.89. The number of urea groups is 1. The molecule has 4 atom stereocenters. The van der Waals surface area contributed by atoms with Gasteiger partial charge in [0.2, 0.25) is 0 Å². The first-order chi connectivity index (χ1) is 17.9. The van der Waals surface area contributed by atoms with Gasteiger partial charge in [0.05, 0.1) is 18.2 Å². The number of carbonyl (C=O) groups excluding carboxylic acids is 2. The first-order valence-corrected chi connectivity index (χ1v) is 13.1. The number of hydrogen-bond acceptors (Lipinski definition) is 4. The molecule has 0 saturated carbocycles. The lowest BCUT2D eigenvalue weighted by atomic mass is 9.97. The summed E-state index contributed by atoms with van der Waals surface area (Å²) in [5, 5.41) is 11.4. The Labute approximate surface area is 220 Å². The highest BCUT2D eigenvalue weighted by Crippen LogP contribution is 2.36. The molecule has 1 fully saturated rings. The van der Waals surface area contributed by atoms with Gasteiger partial charge in [-0.15, -0.1) is 0 Å². The molecule has 1 heterocycles. The molecule has 0 spiro atoms. The Balaban J connectivity index is 1.76. The number of rotatable bonds is 10. The van der Waals surface area contributed by atoms with Crippen molar-refractivity contribution in [3.8, 4) is 0 Å². The molecule has 3 aromatic rings. The Hall–Kier alpha value is -3.48. The second-order valence-electron chi connectivity index (χ2n) is 9.87. The second-order valence-corrected chi connectivity index (χ2v) is 9.87. The maximum Gasteiger partial charge on any atom is 0.327 e. The van der Waals surface area contributed by atoms with Gasteiger partial charge < -0.3 is 10.0 Å². The maximum absolute atomic E-state index is 14.4. The number of benzene rings is 3. The summed E-state index contributed by atoms with van der Waals surface area (Å²) >= 11 is 0. The molecule has 4 rings (SSSR count). The lowest BCUT2D eigenvalue weighted by molar-refractivity contribution is -0.140. The molecule has 0 aromatic heterocycles. The van der Waals surface area contributed by atoms with E-state index in [4.69, 9.17) is 0 Å². The summed E-state index contributed by atoms with van der Waals surface area (Å²) in [5.41, 5.74) is 2.98. The van der Waals surface area contributed by atoms with Crippen LogP contribution in [0.3, 0.4) is 0 Å². The van der Waals surface area contributed by atoms with E-state index in [1.807, 2.05) is 110 Å². The van der Waals surface area contributed by atoms with Gasteiger partial charge >= 0.3 is 6.03 Å². The molecule has 1 saturated heterocycles. The zero-order valence-electron chi connectivity index (χ0n) is 21.9. The standard InChI is InChI=1S/C31H37N3O3/c1-4-14-27(35)29(33(21-24-15-8-5-9-16-24)22-25-17-10-6-11-18-25)30(36)34-28(23(2)32(3)31(34)37)26-19-12-7-13-20-26/h5-13,15-20,23,27-29,35H,4,14,21-22H2,1-3H3/t23-,27-,28-,29+/m0/s1. The van der Waals surface area contributed by atoms with Gasteiger partial charge in [-0.1, -0.05) is 104 Å². The normalized spacial score (nSPS) is 19.3. The first-order valence-electron chi connectivity index (χ1n) is 13.1. The molecule has 0 unspecified atom stereocenters. The predicted molar refractivity (Wildman–Crippen MR) is 145 cm³/mol. The van der Waals surface area contributed by atoms with Gasteiger partial charge in [0.1, 0.15) is 6.04 Å². The molecule has 1 aliphatic heterocycles. The van der Waals surface area contributed by atoms with Crippen LogP contribution in [0.4, 0.5) is 4.79 Å². The molecule has 6 nitrogen and oxygen atoms in total. The molecule has 3 aromatic carbocycles. The number of likely N-dealkylation sites (N-methyl/N-ethyl adjacent to an activating group) is 1. The van der Waals surface area contributed by atoms with Crippen LogP contribution in [0.15, 0.2) is 91.0 Å². The van der Waals surface area contributed by atoms with Crippen LogP contribution in [0.1, 0.15) is 49.4 Å². The summed E-state index contributed by atoms with van der Waals surface area (Å²) in [7, 11) is 1.74. The van der Waals surface area contributed by atoms with Gasteiger partial charge in [0, 0.05) is 20.1 Å². The molecule has 37 heavy (non-hydrogen) atoms. The minimum absolute atomic E-state index is 0.195. The molecular weight excluding hydrogens is 462 g/mol. The van der Waals surface area contributed by atoms with E-state index in [2.05, 4.69) is 0 Å². The van der Waals surface area contributed by atoms with Crippen LogP contribution in [-0.2, 0) is 17.9 Å². The van der Waals surface area contributed by atoms with E-state index in [9.17, 15) is 14.7 Å². The number of imide groups is 1. The highest BCUT2D eigenvalue weighted by molar-refractivity contribution is 5.99. The third kappa shape index (κ3) is 5.92. The van der Waals surface area contributed by atoms with Crippen molar-refractivity contribution in [1.29, 1.82) is 0 Å². The van der Waals surface area contributed by atoms with Gasteiger partial charge in [-0.3, -0.25) is 14.6 Å². The number of aliphatic hydroxyl groups is 1. The van der Waals surface area contributed by atoms with Gasteiger partial charge in [0.25, 0.3) is 5.91 Å². The van der Waals surface area contributed by atoms with Crippen molar-refractivity contribution in [3.63, 3.8) is 0 Å². The van der Waals surface area contributed by atoms with Crippen LogP contribution in [0.2, 0.25) is 0 Å². The Bertz CT molecular complexity index is 1110. The van der Waals surface area contributed by atoms with Crippen molar-refractivity contribution in [2.24, 2.45) is 0 Å². The Kier molecular flexibility index (Phi) is 8.74. The number of hydrogen-bond donors (Lipinski definition) is 1. The monoisotopic (exact) mass is 499 g/mol. The minimum atomic E-state index is -0.921. The number of amides is 3. The smallest absolute Gasteiger partial charge is 0.327 e. The van der Waals surface area contributed by atoms with Crippen LogP contribution in [0, 0.1) is 0 Å².